The Morgan fingerprint density at radius 3 is 2.53 bits per heavy atom. The summed E-state index contributed by atoms with van der Waals surface area (Å²) in [5.74, 6) is -2.46. The van der Waals surface area contributed by atoms with Crippen molar-refractivity contribution in [2.24, 2.45) is 11.8 Å². The minimum Gasteiger partial charge on any atom is -0.352 e. The number of para-hydroxylation sites is 1. The quantitative estimate of drug-likeness (QED) is 0.281. The molecule has 0 saturated carbocycles. The highest BCUT2D eigenvalue weighted by molar-refractivity contribution is 6.14. The predicted octanol–water partition coefficient (Wildman–Crippen LogP) is 3.85. The molecular weight excluding hydrogens is 434 g/mol. The Bertz CT molecular complexity index is 1250. The number of hydrogen-bond acceptors (Lipinski definition) is 6. The average Bonchev–Trinajstić information content (AvgIpc) is 3.30. The van der Waals surface area contributed by atoms with Crippen LogP contribution in [0.3, 0.4) is 0 Å². The van der Waals surface area contributed by atoms with E-state index >= 15 is 0 Å². The minimum atomic E-state index is -0.925. The zero-order valence-corrected chi connectivity index (χ0v) is 19.0. The van der Waals surface area contributed by atoms with Crippen LogP contribution in [0, 0.1) is 22.0 Å². The molecule has 3 aliphatic heterocycles. The number of nitrogens with zero attached hydrogens (tertiary/aromatic N) is 3. The van der Waals surface area contributed by atoms with Crippen molar-refractivity contribution < 1.29 is 19.3 Å². The lowest BCUT2D eigenvalue weighted by molar-refractivity contribution is -0.384. The number of carbonyl (C=O) groups is 3. The number of nitro groups is 1. The summed E-state index contributed by atoms with van der Waals surface area (Å²) in [6.45, 7) is 4.30. The third kappa shape index (κ3) is 3.16. The Kier molecular flexibility index (Phi) is 5.31. The van der Waals surface area contributed by atoms with Crippen molar-refractivity contribution in [1.29, 1.82) is 0 Å². The van der Waals surface area contributed by atoms with Crippen molar-refractivity contribution in [3.63, 3.8) is 0 Å². The number of rotatable bonds is 6. The summed E-state index contributed by atoms with van der Waals surface area (Å²) < 4.78 is 0. The third-order valence-electron chi connectivity index (χ3n) is 7.19. The van der Waals surface area contributed by atoms with E-state index in [0.717, 1.165) is 23.2 Å². The molecule has 2 aromatic carbocycles. The number of nitro benzene ring substituents is 1. The molecular formula is C26H25N3O5. The highest BCUT2D eigenvalue weighted by atomic mass is 16.6. The van der Waals surface area contributed by atoms with E-state index < -0.39 is 28.8 Å². The van der Waals surface area contributed by atoms with Gasteiger partial charge in [0.05, 0.1) is 22.8 Å². The highest BCUT2D eigenvalue weighted by Crippen LogP contribution is 2.50. The standard InChI is InChI=1S/C26H25N3O5/c1-3-4-12-27-25(31)21-20-13-15(2)18-10-5-6-11-19(18)28(20)23(22(21)26(27)32)24(30)16-8-7-9-17(14-16)29(33)34/h5-11,13-14,20-23H,3-4,12H2,1-2H3/t20-,21+,22-,23+/m1/s1. The molecule has 0 unspecified atom stereocenters. The number of Topliss-reactive ketones (excluding diaryl/α,β-unsaturated/α-hetero) is 1. The summed E-state index contributed by atoms with van der Waals surface area (Å²) in [4.78, 5) is 54.9. The van der Waals surface area contributed by atoms with Gasteiger partial charge in [-0.15, -0.1) is 0 Å². The summed E-state index contributed by atoms with van der Waals surface area (Å²) in [6.07, 6.45) is 3.52. The molecule has 4 atom stereocenters. The molecule has 0 bridgehead atoms. The summed E-state index contributed by atoms with van der Waals surface area (Å²) in [5, 5.41) is 11.3. The maximum absolute atomic E-state index is 13.9. The first-order chi connectivity index (χ1) is 16.3. The number of likely N-dealkylation sites (tertiary alicyclic amines) is 1. The largest absolute Gasteiger partial charge is 0.352 e. The molecule has 3 aliphatic rings. The molecule has 174 valence electrons. The van der Waals surface area contributed by atoms with Crippen LogP contribution in [-0.4, -0.2) is 46.0 Å². The van der Waals surface area contributed by atoms with Gasteiger partial charge in [-0.2, -0.15) is 0 Å². The molecule has 2 amide bonds. The number of unbranched alkanes of at least 4 members (excludes halogenated alkanes) is 1. The van der Waals surface area contributed by atoms with Crippen molar-refractivity contribution in [1.82, 2.24) is 4.90 Å². The lowest BCUT2D eigenvalue weighted by atomic mass is 9.85. The summed E-state index contributed by atoms with van der Waals surface area (Å²) in [5.41, 5.74) is 2.70. The molecule has 8 heteroatoms. The van der Waals surface area contributed by atoms with Gasteiger partial charge in [0.15, 0.2) is 5.78 Å². The van der Waals surface area contributed by atoms with Crippen LogP contribution in [0.25, 0.3) is 5.57 Å². The van der Waals surface area contributed by atoms with Crippen LogP contribution in [0.15, 0.2) is 54.6 Å². The van der Waals surface area contributed by atoms with Crippen molar-refractivity contribution in [3.05, 3.63) is 75.8 Å². The monoisotopic (exact) mass is 459 g/mol. The van der Waals surface area contributed by atoms with Gasteiger partial charge in [0.1, 0.15) is 6.04 Å². The molecule has 2 saturated heterocycles. The van der Waals surface area contributed by atoms with E-state index in [4.69, 9.17) is 0 Å². The Balaban J connectivity index is 1.65. The molecule has 8 nitrogen and oxygen atoms in total. The Labute approximate surface area is 197 Å². The van der Waals surface area contributed by atoms with Crippen molar-refractivity contribution >= 4 is 34.5 Å². The second-order valence-electron chi connectivity index (χ2n) is 9.11. The molecule has 0 N–H and O–H groups in total. The van der Waals surface area contributed by atoms with Gasteiger partial charge in [0.25, 0.3) is 5.69 Å². The third-order valence-corrected chi connectivity index (χ3v) is 7.19. The molecule has 0 aromatic heterocycles. The van der Waals surface area contributed by atoms with E-state index in [0.29, 0.717) is 13.0 Å². The van der Waals surface area contributed by atoms with Gasteiger partial charge in [-0.05, 0) is 25.0 Å². The zero-order valence-electron chi connectivity index (χ0n) is 19.0. The first kappa shape index (κ1) is 22.0. The van der Waals surface area contributed by atoms with E-state index in [-0.39, 0.29) is 28.8 Å². The Morgan fingerprint density at radius 1 is 1.06 bits per heavy atom. The van der Waals surface area contributed by atoms with Crippen LogP contribution in [0.5, 0.6) is 0 Å². The lowest BCUT2D eigenvalue weighted by Gasteiger charge is -2.38. The Morgan fingerprint density at radius 2 is 1.79 bits per heavy atom. The summed E-state index contributed by atoms with van der Waals surface area (Å²) in [7, 11) is 0. The second kappa shape index (κ2) is 8.20. The molecule has 3 heterocycles. The van der Waals surface area contributed by atoms with E-state index in [2.05, 4.69) is 0 Å². The number of fused-ring (bicyclic) bond motifs is 5. The van der Waals surface area contributed by atoms with E-state index in [9.17, 15) is 24.5 Å². The average molecular weight is 460 g/mol. The molecule has 2 aromatic rings. The minimum absolute atomic E-state index is 0.162. The maximum atomic E-state index is 13.9. The number of anilines is 1. The number of imide groups is 1. The van der Waals surface area contributed by atoms with Gasteiger partial charge in [-0.1, -0.05) is 49.8 Å². The van der Waals surface area contributed by atoms with Crippen LogP contribution in [0.1, 0.15) is 42.6 Å². The van der Waals surface area contributed by atoms with Gasteiger partial charge >= 0.3 is 0 Å². The molecule has 34 heavy (non-hydrogen) atoms. The van der Waals surface area contributed by atoms with Crippen LogP contribution in [0.4, 0.5) is 11.4 Å². The topological polar surface area (TPSA) is 101 Å². The van der Waals surface area contributed by atoms with E-state index in [1.54, 1.807) is 0 Å². The molecule has 2 fully saturated rings. The number of amides is 2. The first-order valence-corrected chi connectivity index (χ1v) is 11.5. The number of benzene rings is 2. The number of hydrogen-bond donors (Lipinski definition) is 0. The van der Waals surface area contributed by atoms with Crippen LogP contribution < -0.4 is 4.90 Å². The van der Waals surface area contributed by atoms with Crippen molar-refractivity contribution in [2.75, 3.05) is 11.4 Å². The van der Waals surface area contributed by atoms with Crippen LogP contribution in [0.2, 0.25) is 0 Å². The maximum Gasteiger partial charge on any atom is 0.270 e. The van der Waals surface area contributed by atoms with Gasteiger partial charge < -0.3 is 4.90 Å². The lowest BCUT2D eigenvalue weighted by Crippen LogP contribution is -2.49. The Hall–Kier alpha value is -3.81. The van der Waals surface area contributed by atoms with Crippen LogP contribution >= 0.6 is 0 Å². The molecule has 0 radical (unpaired) electrons. The normalized spacial score (nSPS) is 25.1. The van der Waals surface area contributed by atoms with Crippen molar-refractivity contribution in [2.45, 2.75) is 38.8 Å². The van der Waals surface area contributed by atoms with Gasteiger partial charge in [0.2, 0.25) is 11.8 Å². The number of carbonyl (C=O) groups excluding carboxylic acids is 3. The fraction of sp³-hybridized carbons (Fsp3) is 0.346. The van der Waals surface area contributed by atoms with Gasteiger partial charge in [-0.3, -0.25) is 29.4 Å². The number of non-ortho nitro benzene ring substituents is 1. The molecule has 5 rings (SSSR count). The fourth-order valence-corrected chi connectivity index (χ4v) is 5.64. The summed E-state index contributed by atoms with van der Waals surface area (Å²) >= 11 is 0. The van der Waals surface area contributed by atoms with Gasteiger partial charge in [-0.25, -0.2) is 0 Å². The predicted molar refractivity (Wildman–Crippen MR) is 126 cm³/mol. The smallest absolute Gasteiger partial charge is 0.270 e. The number of allylic oxidation sites excluding steroid dienone is 1. The first-order valence-electron chi connectivity index (χ1n) is 11.5. The zero-order chi connectivity index (χ0) is 24.1. The van der Waals surface area contributed by atoms with Crippen molar-refractivity contribution in [3.8, 4) is 0 Å². The van der Waals surface area contributed by atoms with E-state index in [1.165, 1.54) is 29.2 Å². The van der Waals surface area contributed by atoms with E-state index in [1.807, 2.05) is 49.1 Å². The second-order valence-corrected chi connectivity index (χ2v) is 9.11. The molecule has 0 aliphatic carbocycles. The van der Waals surface area contributed by atoms with Gasteiger partial charge in [0, 0.05) is 35.5 Å². The number of ketones is 1. The van der Waals surface area contributed by atoms with Crippen LogP contribution in [-0.2, 0) is 9.59 Å². The fourth-order valence-electron chi connectivity index (χ4n) is 5.64. The molecule has 0 spiro atoms. The SMILES string of the molecule is CCCCN1C(=O)[C@@H]2[C@@H](C1=O)[C@@H](C(=O)c1cccc([N+](=O)[O-])c1)N1c3ccccc3C(C)=C[C@H]21. The highest BCUT2D eigenvalue weighted by Gasteiger charge is 2.64. The summed E-state index contributed by atoms with van der Waals surface area (Å²) in [6, 6.07) is 11.9.